The molecule has 0 bridgehead atoms. The second-order valence-corrected chi connectivity index (χ2v) is 11.6. The molecule has 188 valence electrons. The smallest absolute Gasteiger partial charge is 0.238 e. The molecule has 6 nitrogen and oxygen atoms in total. The van der Waals surface area contributed by atoms with Crippen LogP contribution in [-0.4, -0.2) is 33.8 Å². The summed E-state index contributed by atoms with van der Waals surface area (Å²) in [6.45, 7) is 2.64. The van der Waals surface area contributed by atoms with Gasteiger partial charge in [-0.3, -0.25) is 4.79 Å². The third-order valence-electron chi connectivity index (χ3n) is 7.40. The van der Waals surface area contributed by atoms with Crippen molar-refractivity contribution in [2.45, 2.75) is 43.2 Å². The van der Waals surface area contributed by atoms with Crippen LogP contribution in [0, 0.1) is 0 Å². The molecule has 1 spiro atoms. The van der Waals surface area contributed by atoms with Gasteiger partial charge in [0.15, 0.2) is 0 Å². The van der Waals surface area contributed by atoms with Gasteiger partial charge >= 0.3 is 0 Å². The molecule has 2 aliphatic rings. The molecular formula is C29H27BrN4O2S. The number of ether oxygens (including phenoxy) is 1. The average Bonchev–Trinajstić information content (AvgIpc) is 3.42. The minimum Gasteiger partial charge on any atom is -0.497 e. The molecule has 0 N–H and O–H groups in total. The molecule has 1 saturated carbocycles. The fraction of sp³-hybridized carbons (Fsp3) is 0.276. The van der Waals surface area contributed by atoms with Crippen LogP contribution in [0.1, 0.15) is 37.3 Å². The van der Waals surface area contributed by atoms with Crippen LogP contribution >= 0.6 is 27.7 Å². The minimum atomic E-state index is -0.455. The van der Waals surface area contributed by atoms with Crippen molar-refractivity contribution in [1.82, 2.24) is 15.0 Å². The predicted molar refractivity (Wildman–Crippen MR) is 151 cm³/mol. The lowest BCUT2D eigenvalue weighted by Gasteiger charge is -2.37. The summed E-state index contributed by atoms with van der Waals surface area (Å²) in [6, 6.07) is 22.3. The van der Waals surface area contributed by atoms with E-state index in [1.54, 1.807) is 18.9 Å². The van der Waals surface area contributed by atoms with Crippen LogP contribution in [0.5, 0.6) is 5.75 Å². The van der Waals surface area contributed by atoms with Gasteiger partial charge in [0, 0.05) is 10.0 Å². The number of halogens is 1. The second-order valence-electron chi connectivity index (χ2n) is 9.45. The SMILES string of the molecule is CCSc1nnn(-c2ccccc2)c1-c1cc(Br)c2c(c1)C1(CCC1)C(=O)N2Cc1ccc(OC)cc1. The van der Waals surface area contributed by atoms with Crippen LogP contribution in [0.4, 0.5) is 5.69 Å². The van der Waals surface area contributed by atoms with E-state index in [1.807, 2.05) is 64.2 Å². The number of benzene rings is 3. The van der Waals surface area contributed by atoms with Gasteiger partial charge in [0.2, 0.25) is 5.91 Å². The van der Waals surface area contributed by atoms with E-state index in [9.17, 15) is 4.79 Å². The molecule has 1 amide bonds. The van der Waals surface area contributed by atoms with Crippen molar-refractivity contribution in [3.8, 4) is 22.7 Å². The molecule has 37 heavy (non-hydrogen) atoms. The van der Waals surface area contributed by atoms with E-state index in [0.29, 0.717) is 6.54 Å². The van der Waals surface area contributed by atoms with Gasteiger partial charge in [-0.05, 0) is 82.0 Å². The fourth-order valence-electron chi connectivity index (χ4n) is 5.43. The summed E-state index contributed by atoms with van der Waals surface area (Å²) >= 11 is 5.55. The Morgan fingerprint density at radius 2 is 1.84 bits per heavy atom. The number of thioether (sulfide) groups is 1. The van der Waals surface area contributed by atoms with Gasteiger partial charge in [-0.1, -0.05) is 48.9 Å². The van der Waals surface area contributed by atoms with Gasteiger partial charge in [0.05, 0.1) is 30.4 Å². The number of nitrogens with zero attached hydrogens (tertiary/aromatic N) is 4. The number of fused-ring (bicyclic) bond motifs is 2. The molecule has 1 aliphatic carbocycles. The Kier molecular flexibility index (Phi) is 6.32. The van der Waals surface area contributed by atoms with Crippen LogP contribution in [0.3, 0.4) is 0 Å². The van der Waals surface area contributed by atoms with Crippen molar-refractivity contribution in [2.75, 3.05) is 17.8 Å². The van der Waals surface area contributed by atoms with Crippen molar-refractivity contribution in [1.29, 1.82) is 0 Å². The van der Waals surface area contributed by atoms with Gasteiger partial charge in [-0.15, -0.1) is 16.9 Å². The second kappa shape index (κ2) is 9.65. The van der Waals surface area contributed by atoms with Gasteiger partial charge in [0.25, 0.3) is 0 Å². The molecule has 8 heteroatoms. The molecule has 1 aliphatic heterocycles. The maximum Gasteiger partial charge on any atom is 0.238 e. The lowest BCUT2D eigenvalue weighted by molar-refractivity contribution is -0.126. The molecule has 1 fully saturated rings. The van der Waals surface area contributed by atoms with Crippen molar-refractivity contribution in [3.05, 3.63) is 82.3 Å². The molecule has 1 aromatic heterocycles. The van der Waals surface area contributed by atoms with E-state index in [2.05, 4.69) is 45.3 Å². The lowest BCUT2D eigenvalue weighted by Crippen LogP contribution is -2.44. The van der Waals surface area contributed by atoms with Crippen molar-refractivity contribution >= 4 is 39.3 Å². The van der Waals surface area contributed by atoms with Gasteiger partial charge in [-0.25, -0.2) is 4.68 Å². The van der Waals surface area contributed by atoms with Gasteiger partial charge < -0.3 is 9.64 Å². The van der Waals surface area contributed by atoms with E-state index in [-0.39, 0.29) is 5.91 Å². The van der Waals surface area contributed by atoms with Crippen LogP contribution in [0.2, 0.25) is 0 Å². The first-order valence-electron chi connectivity index (χ1n) is 12.5. The molecule has 6 rings (SSSR count). The minimum absolute atomic E-state index is 0.195. The van der Waals surface area contributed by atoms with Crippen molar-refractivity contribution < 1.29 is 9.53 Å². The number of amides is 1. The zero-order valence-corrected chi connectivity index (χ0v) is 23.2. The number of rotatable bonds is 7. The third-order valence-corrected chi connectivity index (χ3v) is 8.85. The van der Waals surface area contributed by atoms with Gasteiger partial charge in [0.1, 0.15) is 16.5 Å². The third kappa shape index (κ3) is 3.97. The number of hydrogen-bond donors (Lipinski definition) is 0. The first-order chi connectivity index (χ1) is 18.1. The standard InChI is InChI=1S/C29H27BrN4O2S/c1-3-37-27-25(34(32-31-27)21-8-5-4-6-9-21)20-16-23-26(24(30)17-20)33(28(35)29(23)14-7-15-29)18-19-10-12-22(36-2)13-11-19/h4-6,8-13,16-17H,3,7,14-15,18H2,1-2H3. The Morgan fingerprint density at radius 1 is 1.08 bits per heavy atom. The number of carbonyl (C=O) groups excluding carboxylic acids is 1. The van der Waals surface area contributed by atoms with Crippen molar-refractivity contribution in [2.24, 2.45) is 0 Å². The zero-order valence-electron chi connectivity index (χ0n) is 20.8. The molecule has 0 unspecified atom stereocenters. The summed E-state index contributed by atoms with van der Waals surface area (Å²) in [5, 5.41) is 9.93. The van der Waals surface area contributed by atoms with E-state index < -0.39 is 5.41 Å². The summed E-state index contributed by atoms with van der Waals surface area (Å²) in [5.74, 6) is 1.90. The molecule has 0 atom stereocenters. The summed E-state index contributed by atoms with van der Waals surface area (Å²) in [4.78, 5) is 15.9. The zero-order chi connectivity index (χ0) is 25.6. The largest absolute Gasteiger partial charge is 0.497 e. The normalized spacial score (nSPS) is 15.6. The number of methoxy groups -OCH3 is 1. The fourth-order valence-corrected chi connectivity index (χ4v) is 6.81. The Hall–Kier alpha value is -3.10. The number of anilines is 1. The van der Waals surface area contributed by atoms with Crippen LogP contribution < -0.4 is 9.64 Å². The molecule has 0 radical (unpaired) electrons. The molecule has 3 aromatic carbocycles. The molecule has 2 heterocycles. The van der Waals surface area contributed by atoms with E-state index >= 15 is 0 Å². The Balaban J connectivity index is 1.48. The quantitative estimate of drug-likeness (QED) is 0.227. The van der Waals surface area contributed by atoms with Crippen LogP contribution in [0.25, 0.3) is 16.9 Å². The topological polar surface area (TPSA) is 60.2 Å². The summed E-state index contributed by atoms with van der Waals surface area (Å²) in [5.41, 5.74) is 5.63. The van der Waals surface area contributed by atoms with E-state index in [4.69, 9.17) is 4.74 Å². The molecule has 4 aromatic rings. The number of aromatic nitrogens is 3. The monoisotopic (exact) mass is 574 g/mol. The first kappa shape index (κ1) is 24.2. The predicted octanol–water partition coefficient (Wildman–Crippen LogP) is 6.79. The van der Waals surface area contributed by atoms with Crippen LogP contribution in [-0.2, 0) is 16.8 Å². The highest BCUT2D eigenvalue weighted by Gasteiger charge is 2.55. The van der Waals surface area contributed by atoms with Crippen molar-refractivity contribution in [3.63, 3.8) is 0 Å². The number of para-hydroxylation sites is 1. The molecular weight excluding hydrogens is 548 g/mol. The maximum absolute atomic E-state index is 13.9. The van der Waals surface area contributed by atoms with Gasteiger partial charge in [-0.2, -0.15) is 0 Å². The summed E-state index contributed by atoms with van der Waals surface area (Å²) in [7, 11) is 1.66. The van der Waals surface area contributed by atoms with E-state index in [0.717, 1.165) is 74.0 Å². The first-order valence-corrected chi connectivity index (χ1v) is 14.3. The maximum atomic E-state index is 13.9. The van der Waals surface area contributed by atoms with Crippen LogP contribution in [0.15, 0.2) is 76.2 Å². The Morgan fingerprint density at radius 3 is 2.49 bits per heavy atom. The Bertz CT molecular complexity index is 1470. The highest BCUT2D eigenvalue weighted by molar-refractivity contribution is 9.10. The number of hydrogen-bond acceptors (Lipinski definition) is 5. The average molecular weight is 576 g/mol. The molecule has 0 saturated heterocycles. The number of carbonyl (C=O) groups is 1. The highest BCUT2D eigenvalue weighted by Crippen LogP contribution is 2.57. The summed E-state index contributed by atoms with van der Waals surface area (Å²) in [6.07, 6.45) is 2.81. The highest BCUT2D eigenvalue weighted by atomic mass is 79.9. The lowest BCUT2D eigenvalue weighted by atomic mass is 9.65. The van der Waals surface area contributed by atoms with E-state index in [1.165, 1.54) is 0 Å². The Labute approximate surface area is 229 Å². The summed E-state index contributed by atoms with van der Waals surface area (Å²) < 4.78 is 8.13.